The molecule has 0 saturated carbocycles. The highest BCUT2D eigenvalue weighted by atomic mass is 32.2. The van der Waals surface area contributed by atoms with E-state index < -0.39 is 17.3 Å². The van der Waals surface area contributed by atoms with Gasteiger partial charge in [0.25, 0.3) is 0 Å². The number of carboxylic acid groups (broad SMARTS) is 1. The monoisotopic (exact) mass is 561 g/mol. The van der Waals surface area contributed by atoms with Gasteiger partial charge in [-0.15, -0.1) is 0 Å². The van der Waals surface area contributed by atoms with E-state index in [-0.39, 0.29) is 29.5 Å². The molecule has 208 valence electrons. The van der Waals surface area contributed by atoms with E-state index in [4.69, 9.17) is 8.92 Å². The third-order valence-electron chi connectivity index (χ3n) is 9.31. The average molecular weight is 562 g/mol. The Morgan fingerprint density at radius 3 is 2.65 bits per heavy atom. The quantitative estimate of drug-likeness (QED) is 0.410. The van der Waals surface area contributed by atoms with Gasteiger partial charge in [-0.1, -0.05) is 26.0 Å². The zero-order valence-corrected chi connectivity index (χ0v) is 23.9. The first-order valence-corrected chi connectivity index (χ1v) is 14.8. The lowest BCUT2D eigenvalue weighted by atomic mass is 9.73. The van der Waals surface area contributed by atoms with Crippen LogP contribution in [0.5, 0.6) is 5.75 Å². The molecule has 0 spiro atoms. The van der Waals surface area contributed by atoms with Crippen LogP contribution >= 0.6 is 0 Å². The highest BCUT2D eigenvalue weighted by Gasteiger charge is 2.54. The maximum absolute atomic E-state index is 11.4. The summed E-state index contributed by atoms with van der Waals surface area (Å²) in [5.41, 5.74) is 9.49. The van der Waals surface area contributed by atoms with Crippen LogP contribution in [0.1, 0.15) is 57.2 Å². The van der Waals surface area contributed by atoms with Crippen LogP contribution < -0.4 is 9.08 Å². The minimum Gasteiger partial charge on any atom is -0.481 e. The molecule has 2 N–H and O–H groups in total. The van der Waals surface area contributed by atoms with E-state index in [1.165, 1.54) is 22.6 Å². The van der Waals surface area contributed by atoms with Gasteiger partial charge < -0.3 is 18.9 Å². The minimum absolute atomic E-state index is 0.00969. The van der Waals surface area contributed by atoms with E-state index in [1.54, 1.807) is 6.07 Å². The number of nitrogens with zero attached hydrogens (tertiary/aromatic N) is 2. The Bertz CT molecular complexity index is 1620. The second-order valence-electron chi connectivity index (χ2n) is 12.4. The van der Waals surface area contributed by atoms with Crippen molar-refractivity contribution in [2.75, 3.05) is 18.0 Å². The van der Waals surface area contributed by atoms with Crippen LogP contribution in [0.25, 0.3) is 0 Å². The molecule has 0 saturated heterocycles. The highest BCUT2D eigenvalue weighted by Crippen LogP contribution is 2.54. The number of anilines is 1. The standard InChI is InChI=1S/C31H32N2O6S/c1-30(2)21-13-17(14-27(34)35)5-7-23(21)32-11-9-25-19(28(30)32)16-20-26(38-25)10-12-33-24-8-6-18(39-40(36)37)15-22(24)31(3,4)29(20)33/h5-8,13,15-16,25-26H,9-12,14H2,1-4H3,(H-,34,35,36,37)/p+1. The van der Waals surface area contributed by atoms with Crippen LogP contribution in [-0.2, 0) is 38.1 Å². The largest absolute Gasteiger partial charge is 0.481 e. The predicted molar refractivity (Wildman–Crippen MR) is 152 cm³/mol. The first-order chi connectivity index (χ1) is 19.0. The number of carbonyl (C=O) groups is 1. The first kappa shape index (κ1) is 25.7. The van der Waals surface area contributed by atoms with Crippen molar-refractivity contribution in [1.82, 2.24) is 0 Å². The Labute approximate surface area is 236 Å². The second kappa shape index (κ2) is 8.61. The molecule has 5 aliphatic rings. The van der Waals surface area contributed by atoms with Gasteiger partial charge in [0, 0.05) is 52.5 Å². The summed E-state index contributed by atoms with van der Waals surface area (Å²) in [7, 11) is 0. The van der Waals surface area contributed by atoms with Gasteiger partial charge >= 0.3 is 17.3 Å². The van der Waals surface area contributed by atoms with Gasteiger partial charge in [0.15, 0.2) is 12.3 Å². The van der Waals surface area contributed by atoms with Crippen LogP contribution in [0, 0.1) is 0 Å². The Kier molecular flexibility index (Phi) is 5.53. The van der Waals surface area contributed by atoms with Gasteiger partial charge in [-0.2, -0.15) is 8.78 Å². The zero-order valence-electron chi connectivity index (χ0n) is 23.1. The molecule has 40 heavy (non-hydrogen) atoms. The van der Waals surface area contributed by atoms with E-state index in [1.807, 2.05) is 18.2 Å². The van der Waals surface area contributed by atoms with Crippen molar-refractivity contribution in [3.05, 3.63) is 76.0 Å². The third kappa shape index (κ3) is 3.60. The summed E-state index contributed by atoms with van der Waals surface area (Å²) in [5.74, 6) is -0.450. The molecule has 3 unspecified atom stereocenters. The maximum atomic E-state index is 11.4. The van der Waals surface area contributed by atoms with Gasteiger partial charge in [-0.3, -0.25) is 9.35 Å². The normalized spacial score (nSPS) is 25.7. The van der Waals surface area contributed by atoms with Gasteiger partial charge in [0.2, 0.25) is 5.69 Å². The number of hydrogen-bond acceptors (Lipinski definition) is 5. The third-order valence-corrected chi connectivity index (χ3v) is 9.65. The predicted octanol–water partition coefficient (Wildman–Crippen LogP) is 4.76. The number of allylic oxidation sites excluding steroid dienone is 1. The smallest absolute Gasteiger partial charge is 0.357 e. The Hall–Kier alpha value is -3.27. The average Bonchev–Trinajstić information content (AvgIpc) is 3.26. The van der Waals surface area contributed by atoms with Gasteiger partial charge in [-0.25, -0.2) is 0 Å². The van der Waals surface area contributed by atoms with Crippen molar-refractivity contribution in [2.45, 2.75) is 70.0 Å². The van der Waals surface area contributed by atoms with E-state index in [9.17, 15) is 18.7 Å². The number of benzene rings is 2. The van der Waals surface area contributed by atoms with Crippen LogP contribution in [0.3, 0.4) is 0 Å². The van der Waals surface area contributed by atoms with Gasteiger partial charge in [-0.05, 0) is 55.7 Å². The number of ether oxygens (including phenoxy) is 1. The molecule has 5 aliphatic heterocycles. The fourth-order valence-corrected chi connectivity index (χ4v) is 8.01. The van der Waals surface area contributed by atoms with E-state index in [0.29, 0.717) is 5.75 Å². The Morgan fingerprint density at radius 1 is 1.10 bits per heavy atom. The molecule has 8 nitrogen and oxygen atoms in total. The molecule has 2 aromatic rings. The molecule has 0 amide bonds. The zero-order chi connectivity index (χ0) is 28.1. The number of fused-ring (bicyclic) bond motifs is 8. The summed E-state index contributed by atoms with van der Waals surface area (Å²) in [6.07, 6.45) is 4.20. The molecular weight excluding hydrogens is 528 g/mol. The molecule has 0 bridgehead atoms. The summed E-state index contributed by atoms with van der Waals surface area (Å²) >= 11 is -2.38. The fourth-order valence-electron chi connectivity index (χ4n) is 7.74. The van der Waals surface area contributed by atoms with Crippen molar-refractivity contribution in [1.29, 1.82) is 0 Å². The molecule has 0 fully saturated rings. The number of hydrogen-bond donors (Lipinski definition) is 2. The summed E-state index contributed by atoms with van der Waals surface area (Å²) in [6.45, 7) is 10.6. The molecule has 5 heterocycles. The Morgan fingerprint density at radius 2 is 1.90 bits per heavy atom. The van der Waals surface area contributed by atoms with Crippen LogP contribution in [0.4, 0.5) is 11.4 Å². The molecule has 0 aromatic heterocycles. The molecule has 3 atom stereocenters. The first-order valence-electron chi connectivity index (χ1n) is 13.8. The Balaban J connectivity index is 1.36. The van der Waals surface area contributed by atoms with Gasteiger partial charge in [0.1, 0.15) is 5.75 Å². The van der Waals surface area contributed by atoms with Crippen LogP contribution in [0.2, 0.25) is 0 Å². The highest BCUT2D eigenvalue weighted by molar-refractivity contribution is 7.74. The van der Waals surface area contributed by atoms with Crippen LogP contribution in [0.15, 0.2) is 59.3 Å². The van der Waals surface area contributed by atoms with E-state index >= 15 is 0 Å². The second-order valence-corrected chi connectivity index (χ2v) is 13.0. The summed E-state index contributed by atoms with van der Waals surface area (Å²) in [4.78, 5) is 13.8. The molecule has 7 rings (SSSR count). The minimum atomic E-state index is -2.38. The SMILES string of the molecule is CC1(C)C2=C3C=C4C5=[N+](CCC4OC3CCN2c2ccc(CC(=O)O)cc21)c1ccc(OS(=O)O)cc1C5(C)C. The van der Waals surface area contributed by atoms with E-state index in [0.717, 1.165) is 54.0 Å². The lowest BCUT2D eigenvalue weighted by Gasteiger charge is -2.42. The van der Waals surface area contributed by atoms with Crippen LogP contribution in [-0.4, -0.2) is 55.4 Å². The number of carboxylic acids is 1. The van der Waals surface area contributed by atoms with Crippen molar-refractivity contribution in [2.24, 2.45) is 0 Å². The maximum Gasteiger partial charge on any atom is 0.357 e. The van der Waals surface area contributed by atoms with Crippen molar-refractivity contribution >= 4 is 34.4 Å². The number of aliphatic carboxylic acids is 1. The lowest BCUT2D eigenvalue weighted by Crippen LogP contribution is -2.47. The van der Waals surface area contributed by atoms with Crippen molar-refractivity contribution in [3.8, 4) is 5.75 Å². The lowest BCUT2D eigenvalue weighted by molar-refractivity contribution is -0.445. The topological polar surface area (TPSA) is 99.3 Å². The molecular formula is C31H33N2O6S+. The molecule has 9 heteroatoms. The summed E-state index contributed by atoms with van der Waals surface area (Å²) in [5, 5.41) is 9.37. The molecule has 0 radical (unpaired) electrons. The van der Waals surface area contributed by atoms with E-state index in [2.05, 4.69) is 55.4 Å². The molecule has 2 aromatic carbocycles. The summed E-state index contributed by atoms with van der Waals surface area (Å²) < 4.78 is 34.9. The van der Waals surface area contributed by atoms with Crippen molar-refractivity contribution < 1.29 is 32.2 Å². The molecule has 0 aliphatic carbocycles. The van der Waals surface area contributed by atoms with Crippen molar-refractivity contribution in [3.63, 3.8) is 0 Å². The van der Waals surface area contributed by atoms with Gasteiger partial charge in [0.05, 0.1) is 24.0 Å². The fraction of sp³-hybridized carbons (Fsp3) is 0.419. The number of rotatable bonds is 4. The summed E-state index contributed by atoms with van der Waals surface area (Å²) in [6, 6.07) is 11.7.